The largest absolute Gasteiger partial charge is 0.484 e. The molecule has 0 unspecified atom stereocenters. The van der Waals surface area contributed by atoms with Gasteiger partial charge in [-0.25, -0.2) is 0 Å². The van der Waals surface area contributed by atoms with Crippen LogP contribution in [-0.2, 0) is 9.59 Å². The van der Waals surface area contributed by atoms with E-state index in [9.17, 15) is 9.59 Å². The van der Waals surface area contributed by atoms with Gasteiger partial charge in [-0.05, 0) is 85.6 Å². The number of carbonyl (C=O) groups is 2. The first-order chi connectivity index (χ1) is 19.4. The van der Waals surface area contributed by atoms with Gasteiger partial charge in [0.15, 0.2) is 10.9 Å². The Balaban J connectivity index is 1.18. The second kappa shape index (κ2) is 12.2. The summed E-state index contributed by atoms with van der Waals surface area (Å²) in [5, 5.41) is 2.87. The van der Waals surface area contributed by atoms with E-state index in [0.29, 0.717) is 26.4 Å². The predicted molar refractivity (Wildman–Crippen MR) is 165 cm³/mol. The van der Waals surface area contributed by atoms with Crippen LogP contribution in [0, 0.1) is 13.8 Å². The van der Waals surface area contributed by atoms with Crippen molar-refractivity contribution in [3.05, 3.63) is 119 Å². The van der Waals surface area contributed by atoms with E-state index in [4.69, 9.17) is 21.7 Å². The average Bonchev–Trinajstić information content (AvgIpc) is 3.23. The molecular formula is C32H26N2O4S2. The summed E-state index contributed by atoms with van der Waals surface area (Å²) in [5.74, 6) is 1.54. The Morgan fingerprint density at radius 3 is 2.27 bits per heavy atom. The van der Waals surface area contributed by atoms with Crippen LogP contribution < -0.4 is 19.7 Å². The van der Waals surface area contributed by atoms with Gasteiger partial charge < -0.3 is 14.8 Å². The molecule has 0 atom stereocenters. The van der Waals surface area contributed by atoms with Gasteiger partial charge in [0.2, 0.25) is 0 Å². The van der Waals surface area contributed by atoms with Crippen LogP contribution in [0.25, 0.3) is 6.08 Å². The molecule has 1 saturated heterocycles. The molecule has 200 valence electrons. The smallest absolute Gasteiger partial charge is 0.270 e. The molecule has 40 heavy (non-hydrogen) atoms. The lowest BCUT2D eigenvalue weighted by Crippen LogP contribution is -2.27. The lowest BCUT2D eigenvalue weighted by molar-refractivity contribution is -0.118. The number of benzene rings is 4. The van der Waals surface area contributed by atoms with Crippen molar-refractivity contribution in [2.45, 2.75) is 13.8 Å². The van der Waals surface area contributed by atoms with Crippen molar-refractivity contribution >= 4 is 57.6 Å². The summed E-state index contributed by atoms with van der Waals surface area (Å²) in [6, 6.07) is 29.8. The first-order valence-corrected chi connectivity index (χ1v) is 13.8. The predicted octanol–water partition coefficient (Wildman–Crippen LogP) is 7.52. The van der Waals surface area contributed by atoms with E-state index in [1.165, 1.54) is 16.7 Å². The Kier molecular flexibility index (Phi) is 8.28. The minimum atomic E-state index is -0.237. The van der Waals surface area contributed by atoms with E-state index in [-0.39, 0.29) is 18.4 Å². The van der Waals surface area contributed by atoms with Gasteiger partial charge in [-0.3, -0.25) is 14.5 Å². The third-order valence-electron chi connectivity index (χ3n) is 6.07. The van der Waals surface area contributed by atoms with Crippen LogP contribution in [0.5, 0.6) is 17.2 Å². The monoisotopic (exact) mass is 566 g/mol. The average molecular weight is 567 g/mol. The summed E-state index contributed by atoms with van der Waals surface area (Å²) in [7, 11) is 0. The van der Waals surface area contributed by atoms with Gasteiger partial charge in [0.05, 0.1) is 10.6 Å². The van der Waals surface area contributed by atoms with E-state index in [1.54, 1.807) is 18.2 Å². The number of nitrogens with zero attached hydrogens (tertiary/aromatic N) is 1. The van der Waals surface area contributed by atoms with Gasteiger partial charge in [-0.15, -0.1) is 0 Å². The van der Waals surface area contributed by atoms with Crippen molar-refractivity contribution in [1.82, 2.24) is 0 Å². The molecule has 1 heterocycles. The van der Waals surface area contributed by atoms with Crippen molar-refractivity contribution in [1.29, 1.82) is 0 Å². The molecule has 1 aliphatic rings. The Labute approximate surface area is 242 Å². The maximum absolute atomic E-state index is 13.2. The number of anilines is 2. The highest BCUT2D eigenvalue weighted by Gasteiger charge is 2.33. The fourth-order valence-electron chi connectivity index (χ4n) is 4.08. The van der Waals surface area contributed by atoms with Crippen LogP contribution in [0.1, 0.15) is 16.7 Å². The molecule has 0 aromatic heterocycles. The zero-order valence-corrected chi connectivity index (χ0v) is 23.6. The van der Waals surface area contributed by atoms with E-state index in [0.717, 1.165) is 28.1 Å². The van der Waals surface area contributed by atoms with Crippen LogP contribution in [0.2, 0.25) is 0 Å². The van der Waals surface area contributed by atoms with Crippen LogP contribution in [0.3, 0.4) is 0 Å². The fraction of sp³-hybridized carbons (Fsp3) is 0.0938. The van der Waals surface area contributed by atoms with Crippen LogP contribution in [-0.4, -0.2) is 22.7 Å². The first-order valence-electron chi connectivity index (χ1n) is 12.6. The number of thiocarbonyl (C=S) groups is 1. The van der Waals surface area contributed by atoms with Crippen molar-refractivity contribution in [3.63, 3.8) is 0 Å². The van der Waals surface area contributed by atoms with Crippen molar-refractivity contribution < 1.29 is 19.1 Å². The molecule has 4 aromatic rings. The molecule has 6 nitrogen and oxygen atoms in total. The Hall–Kier alpha value is -4.40. The van der Waals surface area contributed by atoms with Gasteiger partial charge in [0.1, 0.15) is 17.2 Å². The van der Waals surface area contributed by atoms with E-state index >= 15 is 0 Å². The highest BCUT2D eigenvalue weighted by Crippen LogP contribution is 2.37. The molecule has 8 heteroatoms. The number of nitrogens with one attached hydrogen (secondary N) is 1. The molecule has 1 aliphatic heterocycles. The van der Waals surface area contributed by atoms with Crippen LogP contribution in [0.15, 0.2) is 102 Å². The zero-order valence-electron chi connectivity index (χ0n) is 21.9. The highest BCUT2D eigenvalue weighted by molar-refractivity contribution is 8.27. The number of amides is 2. The summed E-state index contributed by atoms with van der Waals surface area (Å²) in [5.41, 5.74) is 4.39. The van der Waals surface area contributed by atoms with Gasteiger partial charge in [0, 0.05) is 5.69 Å². The Morgan fingerprint density at radius 1 is 0.900 bits per heavy atom. The van der Waals surface area contributed by atoms with Gasteiger partial charge in [0.25, 0.3) is 11.8 Å². The number of hydrogen-bond acceptors (Lipinski definition) is 6. The Bertz CT molecular complexity index is 1580. The molecule has 0 spiro atoms. The molecule has 1 fully saturated rings. The molecular weight excluding hydrogens is 540 g/mol. The maximum Gasteiger partial charge on any atom is 0.270 e. The van der Waals surface area contributed by atoms with Crippen molar-refractivity contribution in [2.75, 3.05) is 16.8 Å². The van der Waals surface area contributed by atoms with Crippen molar-refractivity contribution in [2.24, 2.45) is 0 Å². The topological polar surface area (TPSA) is 67.9 Å². The fourth-order valence-corrected chi connectivity index (χ4v) is 5.38. The van der Waals surface area contributed by atoms with E-state index in [2.05, 4.69) is 5.32 Å². The summed E-state index contributed by atoms with van der Waals surface area (Å²) in [6.45, 7) is 3.85. The van der Waals surface area contributed by atoms with E-state index < -0.39 is 0 Å². The third kappa shape index (κ3) is 6.59. The molecule has 2 amide bonds. The SMILES string of the molecule is Cc1ccc(NC(=O)COc2ccc(/C=C3\SC(=S)N(c4ccc(Oc5ccccc5)cc4)C3=O)cc2)c(C)c1. The second-order valence-corrected chi connectivity index (χ2v) is 10.8. The highest BCUT2D eigenvalue weighted by atomic mass is 32.2. The first kappa shape index (κ1) is 27.2. The number of para-hydroxylation sites is 1. The lowest BCUT2D eigenvalue weighted by atomic mass is 10.1. The van der Waals surface area contributed by atoms with Crippen LogP contribution >= 0.6 is 24.0 Å². The minimum absolute atomic E-state index is 0.111. The lowest BCUT2D eigenvalue weighted by Gasteiger charge is -2.15. The number of aryl methyl sites for hydroxylation is 2. The van der Waals surface area contributed by atoms with Crippen molar-refractivity contribution in [3.8, 4) is 17.2 Å². The van der Waals surface area contributed by atoms with Gasteiger partial charge in [-0.2, -0.15) is 0 Å². The standard InChI is InChI=1S/C32H26N2O4S2/c1-21-8-17-28(22(2)18-21)33-30(35)20-37-25-13-9-23(10-14-25)19-29-31(36)34(32(39)40-29)24-11-15-27(16-12-24)38-26-6-4-3-5-7-26/h3-19H,20H2,1-2H3,(H,33,35)/b29-19-. The molecule has 5 rings (SSSR count). The maximum atomic E-state index is 13.2. The molecule has 0 saturated carbocycles. The molecule has 0 aliphatic carbocycles. The Morgan fingerprint density at radius 2 is 1.57 bits per heavy atom. The summed E-state index contributed by atoms with van der Waals surface area (Å²) < 4.78 is 11.9. The quantitative estimate of drug-likeness (QED) is 0.176. The third-order valence-corrected chi connectivity index (χ3v) is 7.37. The zero-order chi connectivity index (χ0) is 28.1. The molecule has 1 N–H and O–H groups in total. The van der Waals surface area contributed by atoms with Gasteiger partial charge in [-0.1, -0.05) is 72.0 Å². The normalized spacial score (nSPS) is 13.9. The summed E-state index contributed by atoms with van der Waals surface area (Å²) >= 11 is 6.76. The minimum Gasteiger partial charge on any atom is -0.484 e. The molecule has 4 aromatic carbocycles. The van der Waals surface area contributed by atoms with Crippen LogP contribution in [0.4, 0.5) is 11.4 Å². The number of hydrogen-bond donors (Lipinski definition) is 1. The summed E-state index contributed by atoms with van der Waals surface area (Å²) in [6.07, 6.45) is 1.79. The second-order valence-electron chi connectivity index (χ2n) is 9.15. The number of thioether (sulfide) groups is 1. The molecule has 0 bridgehead atoms. The number of rotatable bonds is 8. The van der Waals surface area contributed by atoms with E-state index in [1.807, 2.05) is 98.8 Å². The summed E-state index contributed by atoms with van der Waals surface area (Å²) in [4.78, 5) is 27.6. The molecule has 0 radical (unpaired) electrons. The number of carbonyl (C=O) groups excluding carboxylic acids is 2. The van der Waals surface area contributed by atoms with Gasteiger partial charge >= 0.3 is 0 Å². The number of ether oxygens (including phenoxy) is 2.